The number of hydrogen-bond acceptors (Lipinski definition) is 4. The lowest BCUT2D eigenvalue weighted by atomic mass is 10.1. The van der Waals surface area contributed by atoms with Crippen LogP contribution in [0.5, 0.6) is 5.75 Å². The second-order valence-corrected chi connectivity index (χ2v) is 7.33. The van der Waals surface area contributed by atoms with E-state index in [9.17, 15) is 17.9 Å². The normalized spacial score (nSPS) is 23.4. The average molecular weight is 287 g/mol. The smallest absolute Gasteiger partial charge is 0.150 e. The molecule has 1 saturated heterocycles. The van der Waals surface area contributed by atoms with Gasteiger partial charge in [0.1, 0.15) is 11.6 Å². The zero-order valence-corrected chi connectivity index (χ0v) is 11.6. The van der Waals surface area contributed by atoms with E-state index in [2.05, 4.69) is 5.32 Å². The minimum atomic E-state index is -2.86. The molecule has 1 heterocycles. The standard InChI is InChI=1S/C13H18FNO3S/c1-9(12-3-2-11(14)6-13(12)16)15-7-10-4-5-19(17,18)8-10/h2-3,6,9-10,15-16H,4-5,7-8H2,1H3. The molecule has 19 heavy (non-hydrogen) atoms. The summed E-state index contributed by atoms with van der Waals surface area (Å²) >= 11 is 0. The molecule has 1 aliphatic rings. The van der Waals surface area contributed by atoms with E-state index in [4.69, 9.17) is 0 Å². The van der Waals surface area contributed by atoms with Crippen molar-refractivity contribution in [1.29, 1.82) is 0 Å². The SMILES string of the molecule is CC(NCC1CCS(=O)(=O)C1)c1ccc(F)cc1O. The van der Waals surface area contributed by atoms with Crippen molar-refractivity contribution in [3.8, 4) is 5.75 Å². The molecule has 0 saturated carbocycles. The van der Waals surface area contributed by atoms with Crippen LogP contribution >= 0.6 is 0 Å². The molecule has 0 aromatic heterocycles. The number of sulfone groups is 1. The van der Waals surface area contributed by atoms with Gasteiger partial charge in [0.15, 0.2) is 9.84 Å². The fourth-order valence-corrected chi connectivity index (χ4v) is 4.23. The molecule has 2 rings (SSSR count). The average Bonchev–Trinajstić information content (AvgIpc) is 2.66. The molecule has 1 aromatic carbocycles. The Morgan fingerprint density at radius 3 is 2.84 bits per heavy atom. The molecule has 0 amide bonds. The highest BCUT2D eigenvalue weighted by molar-refractivity contribution is 7.91. The Bertz CT molecular complexity index is 559. The molecule has 1 fully saturated rings. The first-order valence-electron chi connectivity index (χ1n) is 6.29. The summed E-state index contributed by atoms with van der Waals surface area (Å²) in [6, 6.07) is 3.76. The largest absolute Gasteiger partial charge is 0.508 e. The van der Waals surface area contributed by atoms with E-state index in [1.807, 2.05) is 6.92 Å². The van der Waals surface area contributed by atoms with Crippen molar-refractivity contribution >= 4 is 9.84 Å². The zero-order chi connectivity index (χ0) is 14.0. The Hall–Kier alpha value is -1.14. The maximum absolute atomic E-state index is 12.9. The number of phenolic OH excluding ortho intramolecular Hbond substituents is 1. The van der Waals surface area contributed by atoms with Crippen LogP contribution in [0, 0.1) is 11.7 Å². The molecule has 0 bridgehead atoms. The summed E-state index contributed by atoms with van der Waals surface area (Å²) in [6.45, 7) is 2.44. The number of phenols is 1. The van der Waals surface area contributed by atoms with E-state index in [0.29, 0.717) is 18.5 Å². The van der Waals surface area contributed by atoms with Crippen molar-refractivity contribution in [3.63, 3.8) is 0 Å². The van der Waals surface area contributed by atoms with Crippen molar-refractivity contribution in [3.05, 3.63) is 29.6 Å². The van der Waals surface area contributed by atoms with Crippen LogP contribution in [0.2, 0.25) is 0 Å². The second kappa shape index (κ2) is 5.46. The van der Waals surface area contributed by atoms with Gasteiger partial charge in [-0.2, -0.15) is 0 Å². The molecule has 1 aliphatic heterocycles. The summed E-state index contributed by atoms with van der Waals surface area (Å²) in [6.07, 6.45) is 0.678. The first-order chi connectivity index (χ1) is 8.87. The second-order valence-electron chi connectivity index (χ2n) is 5.10. The van der Waals surface area contributed by atoms with Gasteiger partial charge in [-0.3, -0.25) is 0 Å². The summed E-state index contributed by atoms with van der Waals surface area (Å²) < 4.78 is 35.6. The summed E-state index contributed by atoms with van der Waals surface area (Å²) in [7, 11) is -2.86. The van der Waals surface area contributed by atoms with Crippen molar-refractivity contribution in [2.75, 3.05) is 18.1 Å². The van der Waals surface area contributed by atoms with Gasteiger partial charge in [0.05, 0.1) is 11.5 Å². The van der Waals surface area contributed by atoms with Crippen LogP contribution < -0.4 is 5.32 Å². The van der Waals surface area contributed by atoms with Gasteiger partial charge in [0, 0.05) is 17.7 Å². The van der Waals surface area contributed by atoms with Gasteiger partial charge in [0.2, 0.25) is 0 Å². The highest BCUT2D eigenvalue weighted by Crippen LogP contribution is 2.25. The summed E-state index contributed by atoms with van der Waals surface area (Å²) in [5.74, 6) is 0.0434. The van der Waals surface area contributed by atoms with Gasteiger partial charge in [-0.15, -0.1) is 0 Å². The first kappa shape index (κ1) is 14.3. The van der Waals surface area contributed by atoms with Crippen LogP contribution in [-0.2, 0) is 9.84 Å². The van der Waals surface area contributed by atoms with E-state index in [0.717, 1.165) is 6.07 Å². The lowest BCUT2D eigenvalue weighted by Gasteiger charge is -2.17. The lowest BCUT2D eigenvalue weighted by Crippen LogP contribution is -2.26. The summed E-state index contributed by atoms with van der Waals surface area (Å²) in [5, 5.41) is 12.9. The summed E-state index contributed by atoms with van der Waals surface area (Å²) in [4.78, 5) is 0. The number of rotatable bonds is 4. The number of hydrogen-bond donors (Lipinski definition) is 2. The molecule has 106 valence electrons. The Morgan fingerprint density at radius 2 is 2.26 bits per heavy atom. The molecule has 0 aliphatic carbocycles. The van der Waals surface area contributed by atoms with Crippen LogP contribution in [0.3, 0.4) is 0 Å². The van der Waals surface area contributed by atoms with Crippen LogP contribution in [0.1, 0.15) is 24.9 Å². The molecular formula is C13H18FNO3S. The fourth-order valence-electron chi connectivity index (χ4n) is 2.37. The van der Waals surface area contributed by atoms with Crippen LogP contribution in [0.15, 0.2) is 18.2 Å². The molecule has 0 spiro atoms. The third kappa shape index (κ3) is 3.67. The van der Waals surface area contributed by atoms with Crippen LogP contribution in [0.4, 0.5) is 4.39 Å². The molecule has 2 N–H and O–H groups in total. The number of halogens is 1. The van der Waals surface area contributed by atoms with Crippen molar-refractivity contribution in [2.24, 2.45) is 5.92 Å². The minimum Gasteiger partial charge on any atom is -0.508 e. The number of benzene rings is 1. The number of aromatic hydroxyl groups is 1. The minimum absolute atomic E-state index is 0.0842. The third-order valence-electron chi connectivity index (χ3n) is 3.50. The molecular weight excluding hydrogens is 269 g/mol. The highest BCUT2D eigenvalue weighted by atomic mass is 32.2. The van der Waals surface area contributed by atoms with Crippen molar-refractivity contribution in [2.45, 2.75) is 19.4 Å². The van der Waals surface area contributed by atoms with Crippen LogP contribution in [-0.4, -0.2) is 31.6 Å². The molecule has 2 atom stereocenters. The van der Waals surface area contributed by atoms with Crippen LogP contribution in [0.25, 0.3) is 0 Å². The molecule has 1 aromatic rings. The summed E-state index contributed by atoms with van der Waals surface area (Å²) in [5.41, 5.74) is 0.613. The molecule has 6 heteroatoms. The quantitative estimate of drug-likeness (QED) is 0.883. The third-order valence-corrected chi connectivity index (χ3v) is 5.34. The lowest BCUT2D eigenvalue weighted by molar-refractivity contribution is 0.433. The Labute approximate surface area is 112 Å². The predicted octanol–water partition coefficient (Wildman–Crippen LogP) is 1.62. The molecule has 0 radical (unpaired) electrons. The maximum Gasteiger partial charge on any atom is 0.150 e. The van der Waals surface area contributed by atoms with E-state index < -0.39 is 15.7 Å². The predicted molar refractivity (Wildman–Crippen MR) is 71.2 cm³/mol. The molecule has 4 nitrogen and oxygen atoms in total. The highest BCUT2D eigenvalue weighted by Gasteiger charge is 2.27. The van der Waals surface area contributed by atoms with Gasteiger partial charge in [-0.05, 0) is 31.9 Å². The number of nitrogens with one attached hydrogen (secondary N) is 1. The Morgan fingerprint density at radius 1 is 1.53 bits per heavy atom. The van der Waals surface area contributed by atoms with Gasteiger partial charge in [-0.25, -0.2) is 12.8 Å². The Balaban J connectivity index is 1.93. The van der Waals surface area contributed by atoms with Gasteiger partial charge < -0.3 is 10.4 Å². The first-order valence-corrected chi connectivity index (χ1v) is 8.12. The van der Waals surface area contributed by atoms with Gasteiger partial charge in [-0.1, -0.05) is 6.07 Å². The van der Waals surface area contributed by atoms with Gasteiger partial charge >= 0.3 is 0 Å². The van der Waals surface area contributed by atoms with Gasteiger partial charge in [0.25, 0.3) is 0 Å². The zero-order valence-electron chi connectivity index (χ0n) is 10.8. The monoisotopic (exact) mass is 287 g/mol. The van der Waals surface area contributed by atoms with E-state index in [1.165, 1.54) is 12.1 Å². The van der Waals surface area contributed by atoms with Crippen molar-refractivity contribution in [1.82, 2.24) is 5.32 Å². The topological polar surface area (TPSA) is 66.4 Å². The fraction of sp³-hybridized carbons (Fsp3) is 0.538. The van der Waals surface area contributed by atoms with E-state index in [1.54, 1.807) is 0 Å². The van der Waals surface area contributed by atoms with E-state index in [-0.39, 0.29) is 29.2 Å². The van der Waals surface area contributed by atoms with E-state index >= 15 is 0 Å². The Kier molecular flexibility index (Phi) is 4.10. The molecule has 2 unspecified atom stereocenters. The maximum atomic E-state index is 12.9. The van der Waals surface area contributed by atoms with Crippen molar-refractivity contribution < 1.29 is 17.9 Å².